The molecule has 0 unspecified atom stereocenters. The molecule has 0 saturated carbocycles. The fourth-order valence-corrected chi connectivity index (χ4v) is 3.35. The van der Waals surface area contributed by atoms with Gasteiger partial charge in [0.05, 0.1) is 18.6 Å². The van der Waals surface area contributed by atoms with Crippen LogP contribution in [0.4, 0.5) is 0 Å². The summed E-state index contributed by atoms with van der Waals surface area (Å²) >= 11 is 0. The number of sulfone groups is 1. The van der Waals surface area contributed by atoms with Crippen molar-refractivity contribution in [1.82, 2.24) is 5.32 Å². The third-order valence-electron chi connectivity index (χ3n) is 4.52. The van der Waals surface area contributed by atoms with Crippen LogP contribution in [0.5, 0.6) is 11.5 Å². The van der Waals surface area contributed by atoms with Crippen molar-refractivity contribution in [2.45, 2.75) is 38.6 Å². The van der Waals surface area contributed by atoms with E-state index in [1.807, 2.05) is 18.2 Å². The fourth-order valence-electron chi connectivity index (χ4n) is 2.70. The lowest BCUT2D eigenvalue weighted by Crippen LogP contribution is -2.24. The predicted molar refractivity (Wildman–Crippen MR) is 113 cm³/mol. The van der Waals surface area contributed by atoms with Gasteiger partial charge >= 0.3 is 0 Å². The Kier molecular flexibility index (Phi) is 7.67. The monoisotopic (exact) mass is 419 g/mol. The molecule has 29 heavy (non-hydrogen) atoms. The minimum absolute atomic E-state index is 0.123. The van der Waals surface area contributed by atoms with E-state index in [0.717, 1.165) is 18.2 Å². The maximum Gasteiger partial charge on any atom is 0.251 e. The second-order valence-corrected chi connectivity index (χ2v) is 9.46. The molecule has 1 amide bonds. The molecule has 1 N–H and O–H groups in total. The molecule has 7 heteroatoms. The number of aryl methyl sites for hydroxylation is 1. The Balaban J connectivity index is 2.08. The molecule has 0 fully saturated rings. The molecule has 0 saturated heterocycles. The zero-order valence-corrected chi connectivity index (χ0v) is 18.4. The molecule has 0 bridgehead atoms. The first kappa shape index (κ1) is 22.7. The third kappa shape index (κ3) is 6.49. The maximum atomic E-state index is 12.6. The number of amides is 1. The second-order valence-electron chi connectivity index (χ2n) is 7.45. The normalized spacial score (nSPS) is 11.4. The summed E-state index contributed by atoms with van der Waals surface area (Å²) in [7, 11) is -1.80. The smallest absolute Gasteiger partial charge is 0.251 e. The number of nitrogens with one attached hydrogen (secondary N) is 1. The number of ether oxygens (including phenoxy) is 2. The van der Waals surface area contributed by atoms with Gasteiger partial charge in [-0.15, -0.1) is 0 Å². The number of carbonyl (C=O) groups excluding carboxylic acids is 1. The van der Waals surface area contributed by atoms with Crippen LogP contribution in [0.1, 0.15) is 41.8 Å². The predicted octanol–water partition coefficient (Wildman–Crippen LogP) is 3.76. The van der Waals surface area contributed by atoms with Gasteiger partial charge in [-0.25, -0.2) is 8.42 Å². The first-order valence-electron chi connectivity index (χ1n) is 9.50. The first-order valence-corrected chi connectivity index (χ1v) is 11.4. The van der Waals surface area contributed by atoms with E-state index in [9.17, 15) is 13.2 Å². The summed E-state index contributed by atoms with van der Waals surface area (Å²) in [6.07, 6.45) is 2.07. The molecular formula is C22H29NO5S. The van der Waals surface area contributed by atoms with Crippen LogP contribution < -0.4 is 14.8 Å². The van der Waals surface area contributed by atoms with E-state index in [0.29, 0.717) is 35.2 Å². The highest BCUT2D eigenvalue weighted by Crippen LogP contribution is 2.28. The highest BCUT2D eigenvalue weighted by Gasteiger charge is 2.15. The van der Waals surface area contributed by atoms with Gasteiger partial charge in [0.2, 0.25) is 0 Å². The van der Waals surface area contributed by atoms with Crippen molar-refractivity contribution in [2.24, 2.45) is 5.92 Å². The number of rotatable bonds is 9. The van der Waals surface area contributed by atoms with Gasteiger partial charge in [0, 0.05) is 18.4 Å². The molecule has 158 valence electrons. The van der Waals surface area contributed by atoms with Gasteiger partial charge in [0.1, 0.15) is 0 Å². The molecule has 0 aliphatic carbocycles. The Labute approximate surface area is 173 Å². The SMILES string of the molecule is COc1cc(CNC(=O)c2cc(S(C)(=O)=O)ccc2C)ccc1OCCC(C)C. The van der Waals surface area contributed by atoms with Crippen LogP contribution in [0.2, 0.25) is 0 Å². The van der Waals surface area contributed by atoms with E-state index >= 15 is 0 Å². The Hall–Kier alpha value is -2.54. The standard InChI is InChI=1S/C22H29NO5S/c1-15(2)10-11-28-20-9-7-17(12-21(20)27-4)14-23-22(24)19-13-18(29(5,25)26)8-6-16(19)3/h6-9,12-13,15H,10-11,14H2,1-5H3,(H,23,24). The Morgan fingerprint density at radius 3 is 2.45 bits per heavy atom. The Bertz CT molecular complexity index is 967. The van der Waals surface area contributed by atoms with Crippen LogP contribution in [0.25, 0.3) is 0 Å². The van der Waals surface area contributed by atoms with Gasteiger partial charge in [-0.05, 0) is 54.7 Å². The van der Waals surface area contributed by atoms with Crippen molar-refractivity contribution in [2.75, 3.05) is 20.0 Å². The summed E-state index contributed by atoms with van der Waals surface area (Å²) < 4.78 is 34.7. The van der Waals surface area contributed by atoms with E-state index < -0.39 is 9.84 Å². The summed E-state index contributed by atoms with van der Waals surface area (Å²) in [4.78, 5) is 12.7. The zero-order valence-electron chi connectivity index (χ0n) is 17.6. The molecule has 6 nitrogen and oxygen atoms in total. The largest absolute Gasteiger partial charge is 0.493 e. The molecule has 0 atom stereocenters. The number of carbonyl (C=O) groups is 1. The van der Waals surface area contributed by atoms with Crippen LogP contribution in [0.15, 0.2) is 41.3 Å². The summed E-state index contributed by atoms with van der Waals surface area (Å²) in [5.74, 6) is 1.50. The number of hydrogen-bond donors (Lipinski definition) is 1. The van der Waals surface area contributed by atoms with E-state index in [1.54, 1.807) is 20.1 Å². The maximum absolute atomic E-state index is 12.6. The molecule has 2 rings (SSSR count). The van der Waals surface area contributed by atoms with Crippen LogP contribution >= 0.6 is 0 Å². The van der Waals surface area contributed by atoms with Gasteiger partial charge < -0.3 is 14.8 Å². The van der Waals surface area contributed by atoms with Crippen molar-refractivity contribution in [3.63, 3.8) is 0 Å². The summed E-state index contributed by atoms with van der Waals surface area (Å²) in [5.41, 5.74) is 1.90. The molecule has 0 radical (unpaired) electrons. The van der Waals surface area contributed by atoms with Crippen LogP contribution in [-0.2, 0) is 16.4 Å². The van der Waals surface area contributed by atoms with Crippen molar-refractivity contribution >= 4 is 15.7 Å². The number of hydrogen-bond acceptors (Lipinski definition) is 5. The first-order chi connectivity index (χ1) is 13.6. The lowest BCUT2D eigenvalue weighted by Gasteiger charge is -2.14. The zero-order chi connectivity index (χ0) is 21.6. The van der Waals surface area contributed by atoms with E-state index in [-0.39, 0.29) is 17.3 Å². The lowest BCUT2D eigenvalue weighted by atomic mass is 10.1. The van der Waals surface area contributed by atoms with Gasteiger partial charge in [-0.1, -0.05) is 26.0 Å². The third-order valence-corrected chi connectivity index (χ3v) is 5.63. The highest BCUT2D eigenvalue weighted by molar-refractivity contribution is 7.90. The van der Waals surface area contributed by atoms with Crippen molar-refractivity contribution in [3.05, 3.63) is 53.1 Å². The van der Waals surface area contributed by atoms with E-state index in [1.165, 1.54) is 12.1 Å². The van der Waals surface area contributed by atoms with Gasteiger partial charge in [-0.2, -0.15) is 0 Å². The number of benzene rings is 2. The molecule has 2 aromatic carbocycles. The van der Waals surface area contributed by atoms with Gasteiger partial charge in [0.15, 0.2) is 21.3 Å². The van der Waals surface area contributed by atoms with Crippen molar-refractivity contribution in [1.29, 1.82) is 0 Å². The Morgan fingerprint density at radius 1 is 1.10 bits per heavy atom. The van der Waals surface area contributed by atoms with Crippen LogP contribution in [0, 0.1) is 12.8 Å². The topological polar surface area (TPSA) is 81.7 Å². The quantitative estimate of drug-likeness (QED) is 0.669. The summed E-state index contributed by atoms with van der Waals surface area (Å²) in [6, 6.07) is 10.1. The average molecular weight is 420 g/mol. The molecule has 0 aliphatic heterocycles. The van der Waals surface area contributed by atoms with Gasteiger partial charge in [-0.3, -0.25) is 4.79 Å². The van der Waals surface area contributed by atoms with Crippen LogP contribution in [0.3, 0.4) is 0 Å². The molecule has 0 heterocycles. The average Bonchev–Trinajstić information content (AvgIpc) is 2.65. The molecule has 0 spiro atoms. The fraction of sp³-hybridized carbons (Fsp3) is 0.409. The number of methoxy groups -OCH3 is 1. The second kappa shape index (κ2) is 9.78. The van der Waals surface area contributed by atoms with E-state index in [4.69, 9.17) is 9.47 Å². The molecular weight excluding hydrogens is 390 g/mol. The summed E-state index contributed by atoms with van der Waals surface area (Å²) in [5, 5.41) is 2.83. The summed E-state index contributed by atoms with van der Waals surface area (Å²) in [6.45, 7) is 6.94. The van der Waals surface area contributed by atoms with E-state index in [2.05, 4.69) is 19.2 Å². The lowest BCUT2D eigenvalue weighted by molar-refractivity contribution is 0.0950. The Morgan fingerprint density at radius 2 is 1.83 bits per heavy atom. The highest BCUT2D eigenvalue weighted by atomic mass is 32.2. The van der Waals surface area contributed by atoms with Gasteiger partial charge in [0.25, 0.3) is 5.91 Å². The van der Waals surface area contributed by atoms with Crippen molar-refractivity contribution < 1.29 is 22.7 Å². The molecule has 0 aromatic heterocycles. The minimum Gasteiger partial charge on any atom is -0.493 e. The molecule has 0 aliphatic rings. The van der Waals surface area contributed by atoms with Crippen molar-refractivity contribution in [3.8, 4) is 11.5 Å². The minimum atomic E-state index is -3.38. The van der Waals surface area contributed by atoms with Crippen LogP contribution in [-0.4, -0.2) is 34.3 Å². The molecule has 2 aromatic rings.